The lowest BCUT2D eigenvalue weighted by atomic mass is 10.1. The van der Waals surface area contributed by atoms with Gasteiger partial charge in [-0.05, 0) is 48.6 Å². The maximum atomic E-state index is 12.6. The van der Waals surface area contributed by atoms with Gasteiger partial charge in [0.25, 0.3) is 0 Å². The van der Waals surface area contributed by atoms with Crippen LogP contribution in [0, 0.1) is 0 Å². The Morgan fingerprint density at radius 3 is 2.32 bits per heavy atom. The first-order chi connectivity index (χ1) is 18.1. The number of aromatic nitrogens is 2. The van der Waals surface area contributed by atoms with Gasteiger partial charge in [-0.1, -0.05) is 54.6 Å². The van der Waals surface area contributed by atoms with E-state index in [1.54, 1.807) is 16.6 Å². The van der Waals surface area contributed by atoms with E-state index in [4.69, 9.17) is 14.2 Å². The molecule has 0 aliphatic rings. The number of carbonyl (C=O) groups is 2. The van der Waals surface area contributed by atoms with Crippen molar-refractivity contribution in [2.24, 2.45) is 0 Å². The summed E-state index contributed by atoms with van der Waals surface area (Å²) in [6.45, 7) is 0.487. The van der Waals surface area contributed by atoms with Gasteiger partial charge in [0.1, 0.15) is 5.75 Å². The summed E-state index contributed by atoms with van der Waals surface area (Å²) >= 11 is 0. The lowest BCUT2D eigenvalue weighted by Crippen LogP contribution is -2.07. The summed E-state index contributed by atoms with van der Waals surface area (Å²) in [6, 6.07) is 27.0. The molecular weight excluding hydrogens is 468 g/mol. The van der Waals surface area contributed by atoms with Gasteiger partial charge < -0.3 is 14.2 Å². The number of pyridine rings is 1. The zero-order valence-corrected chi connectivity index (χ0v) is 20.6. The number of benzene rings is 3. The summed E-state index contributed by atoms with van der Waals surface area (Å²) in [5, 5.41) is 6.82. The van der Waals surface area contributed by atoms with Gasteiger partial charge in [0.05, 0.1) is 37.6 Å². The Labute approximate surface area is 214 Å². The van der Waals surface area contributed by atoms with Crippen LogP contribution in [-0.2, 0) is 15.9 Å². The lowest BCUT2D eigenvalue weighted by Gasteiger charge is -2.10. The summed E-state index contributed by atoms with van der Waals surface area (Å²) < 4.78 is 17.7. The number of esters is 2. The Balaban J connectivity index is 1.41. The molecule has 0 N–H and O–H groups in total. The highest BCUT2D eigenvalue weighted by molar-refractivity contribution is 5.92. The van der Waals surface area contributed by atoms with Crippen molar-refractivity contribution in [2.75, 3.05) is 20.8 Å². The van der Waals surface area contributed by atoms with Gasteiger partial charge in [0, 0.05) is 16.5 Å². The van der Waals surface area contributed by atoms with Crippen LogP contribution in [0.15, 0.2) is 84.9 Å². The highest BCUT2D eigenvalue weighted by Gasteiger charge is 2.21. The molecular formula is C30H26N2O5. The number of nitrogens with zero attached hydrogens (tertiary/aromatic N) is 2. The first-order valence-electron chi connectivity index (χ1n) is 12.0. The average molecular weight is 495 g/mol. The van der Waals surface area contributed by atoms with Crippen LogP contribution in [0.2, 0.25) is 0 Å². The molecule has 0 aliphatic carbocycles. The average Bonchev–Trinajstić information content (AvgIpc) is 3.33. The fraction of sp³-hybridized carbons (Fsp3) is 0.167. The van der Waals surface area contributed by atoms with E-state index in [1.807, 2.05) is 60.7 Å². The summed E-state index contributed by atoms with van der Waals surface area (Å²) in [4.78, 5) is 24.4. The number of ether oxygens (including phenoxy) is 3. The molecule has 186 valence electrons. The quantitative estimate of drug-likeness (QED) is 0.202. The van der Waals surface area contributed by atoms with Crippen molar-refractivity contribution in [3.8, 4) is 17.0 Å². The zero-order chi connectivity index (χ0) is 25.8. The largest absolute Gasteiger partial charge is 0.493 e. The number of hydrogen-bond acceptors (Lipinski definition) is 6. The predicted molar refractivity (Wildman–Crippen MR) is 141 cm³/mol. The SMILES string of the molecule is COC(=O)c1ccc(-c2cccc3c(CCCOc4cccc5ccccc45)c(C(=O)OC)nn23)cc1. The van der Waals surface area contributed by atoms with Crippen LogP contribution < -0.4 is 4.74 Å². The molecule has 7 nitrogen and oxygen atoms in total. The van der Waals surface area contributed by atoms with Crippen LogP contribution in [0.3, 0.4) is 0 Å². The molecule has 0 saturated heterocycles. The molecule has 0 atom stereocenters. The van der Waals surface area contributed by atoms with Crippen molar-refractivity contribution in [2.45, 2.75) is 12.8 Å². The highest BCUT2D eigenvalue weighted by Crippen LogP contribution is 2.28. The topological polar surface area (TPSA) is 79.1 Å². The van der Waals surface area contributed by atoms with Crippen LogP contribution in [0.4, 0.5) is 0 Å². The monoisotopic (exact) mass is 494 g/mol. The van der Waals surface area contributed by atoms with Crippen LogP contribution in [0.5, 0.6) is 5.75 Å². The van der Waals surface area contributed by atoms with Crippen molar-refractivity contribution in [3.63, 3.8) is 0 Å². The van der Waals surface area contributed by atoms with E-state index in [0.717, 1.165) is 38.9 Å². The van der Waals surface area contributed by atoms with Gasteiger partial charge in [0.15, 0.2) is 5.69 Å². The second kappa shape index (κ2) is 10.5. The normalized spacial score (nSPS) is 11.0. The number of rotatable bonds is 8. The van der Waals surface area contributed by atoms with E-state index in [-0.39, 0.29) is 5.69 Å². The van der Waals surface area contributed by atoms with Gasteiger partial charge >= 0.3 is 11.9 Å². The minimum Gasteiger partial charge on any atom is -0.493 e. The molecule has 2 heterocycles. The Kier molecular flexibility index (Phi) is 6.85. The van der Waals surface area contributed by atoms with Gasteiger partial charge in [-0.25, -0.2) is 14.1 Å². The molecule has 0 saturated carbocycles. The molecule has 5 aromatic rings. The Morgan fingerprint density at radius 1 is 0.811 bits per heavy atom. The number of methoxy groups -OCH3 is 2. The Bertz CT molecular complexity index is 1580. The molecule has 2 aromatic heterocycles. The van der Waals surface area contributed by atoms with Crippen molar-refractivity contribution in [1.82, 2.24) is 9.61 Å². The number of aryl methyl sites for hydroxylation is 1. The van der Waals surface area contributed by atoms with E-state index in [1.165, 1.54) is 14.2 Å². The molecule has 0 unspecified atom stereocenters. The smallest absolute Gasteiger partial charge is 0.358 e. The molecule has 5 rings (SSSR count). The van der Waals surface area contributed by atoms with Gasteiger partial charge in [0.2, 0.25) is 0 Å². The van der Waals surface area contributed by atoms with Crippen LogP contribution in [0.1, 0.15) is 32.8 Å². The van der Waals surface area contributed by atoms with Gasteiger partial charge in [-0.3, -0.25) is 0 Å². The molecule has 0 spiro atoms. The highest BCUT2D eigenvalue weighted by atomic mass is 16.5. The minimum absolute atomic E-state index is 0.284. The van der Waals surface area contributed by atoms with Crippen molar-refractivity contribution in [3.05, 3.63) is 102 Å². The third-order valence-electron chi connectivity index (χ3n) is 6.32. The van der Waals surface area contributed by atoms with Gasteiger partial charge in [-0.2, -0.15) is 5.10 Å². The summed E-state index contributed by atoms with van der Waals surface area (Å²) in [6.07, 6.45) is 1.27. The maximum absolute atomic E-state index is 12.6. The van der Waals surface area contributed by atoms with Crippen molar-refractivity contribution in [1.29, 1.82) is 0 Å². The molecule has 0 fully saturated rings. The second-order valence-corrected chi connectivity index (χ2v) is 8.53. The Hall–Kier alpha value is -4.65. The fourth-order valence-corrected chi connectivity index (χ4v) is 4.49. The van der Waals surface area contributed by atoms with Crippen molar-refractivity contribution < 1.29 is 23.8 Å². The Morgan fingerprint density at radius 2 is 1.54 bits per heavy atom. The maximum Gasteiger partial charge on any atom is 0.358 e. The fourth-order valence-electron chi connectivity index (χ4n) is 4.49. The zero-order valence-electron chi connectivity index (χ0n) is 20.6. The van der Waals surface area contributed by atoms with E-state index in [0.29, 0.717) is 25.0 Å². The van der Waals surface area contributed by atoms with E-state index in [9.17, 15) is 9.59 Å². The van der Waals surface area contributed by atoms with Crippen molar-refractivity contribution >= 4 is 28.2 Å². The summed E-state index contributed by atoms with van der Waals surface area (Å²) in [7, 11) is 2.70. The van der Waals surface area contributed by atoms with E-state index >= 15 is 0 Å². The molecule has 37 heavy (non-hydrogen) atoms. The molecule has 0 aliphatic heterocycles. The van der Waals surface area contributed by atoms with Crippen LogP contribution >= 0.6 is 0 Å². The standard InChI is InChI=1S/C30H26N2O5/c1-35-29(33)22-17-15-21(16-18-22)25-12-6-13-26-24(28(30(34)36-2)31-32(25)26)11-7-19-37-27-14-5-9-20-8-3-4-10-23(20)27/h3-6,8-10,12-18H,7,11,19H2,1-2H3. The lowest BCUT2D eigenvalue weighted by molar-refractivity contribution is 0.0586. The number of carbonyl (C=O) groups excluding carboxylic acids is 2. The molecule has 0 bridgehead atoms. The molecule has 0 radical (unpaired) electrons. The molecule has 0 amide bonds. The number of fused-ring (bicyclic) bond motifs is 2. The van der Waals surface area contributed by atoms with Gasteiger partial charge in [-0.15, -0.1) is 0 Å². The van der Waals surface area contributed by atoms with Crippen LogP contribution in [0.25, 0.3) is 27.5 Å². The third-order valence-corrected chi connectivity index (χ3v) is 6.32. The van der Waals surface area contributed by atoms with E-state index < -0.39 is 11.9 Å². The van der Waals surface area contributed by atoms with Crippen LogP contribution in [-0.4, -0.2) is 42.4 Å². The first-order valence-corrected chi connectivity index (χ1v) is 12.0. The molecule has 7 heteroatoms. The van der Waals surface area contributed by atoms with E-state index in [2.05, 4.69) is 17.2 Å². The second-order valence-electron chi connectivity index (χ2n) is 8.53. The first kappa shape index (κ1) is 24.1. The summed E-state index contributed by atoms with van der Waals surface area (Å²) in [5.74, 6) is -0.0469. The third kappa shape index (κ3) is 4.76. The molecule has 3 aromatic carbocycles. The predicted octanol–water partition coefficient (Wildman–Crippen LogP) is 5.74. The number of hydrogen-bond donors (Lipinski definition) is 0. The summed E-state index contributed by atoms with van der Waals surface area (Å²) in [5.41, 5.74) is 4.01. The minimum atomic E-state index is -0.485.